The predicted molar refractivity (Wildman–Crippen MR) is 90.5 cm³/mol. The van der Waals surface area contributed by atoms with Crippen molar-refractivity contribution in [1.29, 1.82) is 0 Å². The van der Waals surface area contributed by atoms with Crippen LogP contribution in [0.3, 0.4) is 0 Å². The third-order valence-electron chi connectivity index (χ3n) is 3.73. The fourth-order valence-electron chi connectivity index (χ4n) is 2.49. The molecule has 1 aromatic heterocycles. The van der Waals surface area contributed by atoms with Gasteiger partial charge in [-0.2, -0.15) is 0 Å². The van der Waals surface area contributed by atoms with Crippen molar-refractivity contribution in [2.24, 2.45) is 0 Å². The molecular weight excluding hydrogens is 278 g/mol. The molecule has 0 aliphatic carbocycles. The Morgan fingerprint density at radius 3 is 2.45 bits per heavy atom. The standard InChI is InChI=1S/C17H23N3O2/c1-4-19(5-2)15-8-6-14(7-9-15)12-16-13(3)18-20(10-11-21)17(16)22/h6-9,12,18,21H,3-5,10-11H2,1-2H3. The van der Waals surface area contributed by atoms with Gasteiger partial charge in [0.05, 0.1) is 23.7 Å². The van der Waals surface area contributed by atoms with Crippen LogP contribution in [-0.2, 0) is 6.54 Å². The molecule has 0 bridgehead atoms. The lowest BCUT2D eigenvalue weighted by Gasteiger charge is -2.20. The van der Waals surface area contributed by atoms with Crippen LogP contribution in [-0.4, -0.2) is 34.6 Å². The zero-order valence-electron chi connectivity index (χ0n) is 13.2. The number of anilines is 1. The van der Waals surface area contributed by atoms with Crippen LogP contribution in [0.15, 0.2) is 29.1 Å². The normalized spacial score (nSPS) is 11.9. The molecule has 0 fully saturated rings. The summed E-state index contributed by atoms with van der Waals surface area (Å²) in [5, 5.41) is 12.9. The molecule has 0 amide bonds. The molecule has 0 saturated heterocycles. The maximum absolute atomic E-state index is 12.2. The second-order valence-electron chi connectivity index (χ2n) is 5.09. The zero-order chi connectivity index (χ0) is 16.1. The molecule has 22 heavy (non-hydrogen) atoms. The smallest absolute Gasteiger partial charge is 0.274 e. The molecule has 1 heterocycles. The summed E-state index contributed by atoms with van der Waals surface area (Å²) in [5.74, 6) is 0. The number of H-pyrrole nitrogens is 1. The van der Waals surface area contributed by atoms with Gasteiger partial charge in [-0.1, -0.05) is 18.7 Å². The van der Waals surface area contributed by atoms with Gasteiger partial charge in [0.15, 0.2) is 0 Å². The minimum absolute atomic E-state index is 0.0854. The molecule has 0 radical (unpaired) electrons. The maximum Gasteiger partial charge on any atom is 0.274 e. The lowest BCUT2D eigenvalue weighted by Crippen LogP contribution is -2.34. The summed E-state index contributed by atoms with van der Waals surface area (Å²) in [6, 6.07) is 8.10. The fourth-order valence-corrected chi connectivity index (χ4v) is 2.49. The zero-order valence-corrected chi connectivity index (χ0v) is 13.2. The number of aliphatic hydroxyl groups is 1. The number of benzene rings is 1. The van der Waals surface area contributed by atoms with Gasteiger partial charge < -0.3 is 10.0 Å². The minimum Gasteiger partial charge on any atom is -0.394 e. The lowest BCUT2D eigenvalue weighted by molar-refractivity contribution is 0.267. The largest absolute Gasteiger partial charge is 0.394 e. The van der Waals surface area contributed by atoms with Gasteiger partial charge in [0.25, 0.3) is 5.56 Å². The number of hydrogen-bond acceptors (Lipinski definition) is 3. The second-order valence-corrected chi connectivity index (χ2v) is 5.09. The van der Waals surface area contributed by atoms with Gasteiger partial charge >= 0.3 is 0 Å². The average Bonchev–Trinajstić information content (AvgIpc) is 2.78. The first-order chi connectivity index (χ1) is 10.6. The van der Waals surface area contributed by atoms with Crippen molar-refractivity contribution in [3.63, 3.8) is 0 Å². The summed E-state index contributed by atoms with van der Waals surface area (Å²) in [6.07, 6.45) is 1.82. The summed E-state index contributed by atoms with van der Waals surface area (Å²) in [4.78, 5) is 14.5. The van der Waals surface area contributed by atoms with Crippen LogP contribution >= 0.6 is 0 Å². The molecule has 0 spiro atoms. The SMILES string of the molecule is C=c1[nH]n(CCO)c(=O)c1=Cc1ccc(N(CC)CC)cc1. The van der Waals surface area contributed by atoms with Crippen molar-refractivity contribution in [2.75, 3.05) is 24.6 Å². The van der Waals surface area contributed by atoms with Crippen LogP contribution in [0.4, 0.5) is 5.69 Å². The Balaban J connectivity index is 2.38. The number of rotatable bonds is 6. The number of aromatic amines is 1. The quantitative estimate of drug-likeness (QED) is 0.804. The van der Waals surface area contributed by atoms with Crippen LogP contribution in [0.25, 0.3) is 12.7 Å². The lowest BCUT2D eigenvalue weighted by atomic mass is 10.1. The van der Waals surface area contributed by atoms with E-state index in [0.29, 0.717) is 10.6 Å². The van der Waals surface area contributed by atoms with Crippen molar-refractivity contribution >= 4 is 18.3 Å². The van der Waals surface area contributed by atoms with Gasteiger partial charge in [-0.3, -0.25) is 9.89 Å². The number of aromatic nitrogens is 2. The number of aliphatic hydroxyl groups excluding tert-OH is 1. The Hall–Kier alpha value is -2.27. The van der Waals surface area contributed by atoms with Gasteiger partial charge in [-0.15, -0.1) is 0 Å². The van der Waals surface area contributed by atoms with E-state index in [9.17, 15) is 4.79 Å². The first kappa shape index (κ1) is 16.1. The molecule has 118 valence electrons. The first-order valence-corrected chi connectivity index (χ1v) is 7.56. The molecule has 0 aliphatic rings. The highest BCUT2D eigenvalue weighted by Crippen LogP contribution is 2.14. The molecule has 1 aromatic carbocycles. The van der Waals surface area contributed by atoms with Crippen molar-refractivity contribution in [3.8, 4) is 0 Å². The number of hydrogen-bond donors (Lipinski definition) is 2. The van der Waals surface area contributed by atoms with E-state index in [1.54, 1.807) is 0 Å². The summed E-state index contributed by atoms with van der Waals surface area (Å²) in [5.41, 5.74) is 1.96. The van der Waals surface area contributed by atoms with Crippen molar-refractivity contribution < 1.29 is 5.11 Å². The fraction of sp³-hybridized carbons (Fsp3) is 0.353. The van der Waals surface area contributed by atoms with Crippen molar-refractivity contribution in [3.05, 3.63) is 50.8 Å². The topological polar surface area (TPSA) is 61.3 Å². The Morgan fingerprint density at radius 2 is 1.91 bits per heavy atom. The average molecular weight is 301 g/mol. The van der Waals surface area contributed by atoms with Gasteiger partial charge in [0, 0.05) is 18.8 Å². The first-order valence-electron chi connectivity index (χ1n) is 7.56. The highest BCUT2D eigenvalue weighted by atomic mass is 16.3. The van der Waals surface area contributed by atoms with Gasteiger partial charge in [-0.25, -0.2) is 4.68 Å². The third kappa shape index (κ3) is 3.31. The van der Waals surface area contributed by atoms with Gasteiger partial charge in [0.1, 0.15) is 0 Å². The van der Waals surface area contributed by atoms with Crippen LogP contribution in [0.2, 0.25) is 0 Å². The van der Waals surface area contributed by atoms with Crippen LogP contribution < -0.4 is 21.0 Å². The molecular formula is C17H23N3O2. The van der Waals surface area contributed by atoms with Crippen LogP contribution in [0.1, 0.15) is 19.4 Å². The molecule has 0 unspecified atom stereocenters. The Labute approximate surface area is 129 Å². The van der Waals surface area contributed by atoms with Crippen molar-refractivity contribution in [2.45, 2.75) is 20.4 Å². The van der Waals surface area contributed by atoms with E-state index in [0.717, 1.165) is 18.7 Å². The Morgan fingerprint density at radius 1 is 1.27 bits per heavy atom. The van der Waals surface area contributed by atoms with E-state index in [4.69, 9.17) is 5.11 Å². The van der Waals surface area contributed by atoms with E-state index in [2.05, 4.69) is 42.6 Å². The summed E-state index contributed by atoms with van der Waals surface area (Å²) in [6.45, 7) is 10.2. The molecule has 0 saturated carbocycles. The Bertz CT molecular complexity index is 768. The van der Waals surface area contributed by atoms with E-state index >= 15 is 0 Å². The van der Waals surface area contributed by atoms with E-state index in [-0.39, 0.29) is 18.7 Å². The van der Waals surface area contributed by atoms with Gasteiger partial charge in [0.2, 0.25) is 0 Å². The highest BCUT2D eigenvalue weighted by Gasteiger charge is 2.03. The molecule has 5 heteroatoms. The summed E-state index contributed by atoms with van der Waals surface area (Å²) in [7, 11) is 0. The monoisotopic (exact) mass is 301 g/mol. The van der Waals surface area contributed by atoms with Crippen LogP contribution in [0.5, 0.6) is 0 Å². The Kier molecular flexibility index (Phi) is 5.22. The van der Waals surface area contributed by atoms with E-state index in [1.807, 2.05) is 18.2 Å². The van der Waals surface area contributed by atoms with E-state index in [1.165, 1.54) is 10.4 Å². The highest BCUT2D eigenvalue weighted by molar-refractivity contribution is 5.55. The van der Waals surface area contributed by atoms with Crippen LogP contribution in [0, 0.1) is 0 Å². The summed E-state index contributed by atoms with van der Waals surface area (Å²) >= 11 is 0. The van der Waals surface area contributed by atoms with E-state index < -0.39 is 0 Å². The minimum atomic E-state index is -0.160. The van der Waals surface area contributed by atoms with Crippen molar-refractivity contribution in [1.82, 2.24) is 9.78 Å². The third-order valence-corrected chi connectivity index (χ3v) is 3.73. The molecule has 0 aliphatic heterocycles. The van der Waals surface area contributed by atoms with Gasteiger partial charge in [-0.05, 0) is 37.6 Å². The molecule has 2 aromatic rings. The maximum atomic E-state index is 12.2. The molecule has 5 nitrogen and oxygen atoms in total. The predicted octanol–water partition coefficient (Wildman–Crippen LogP) is 0.254. The molecule has 0 atom stereocenters. The number of nitrogens with zero attached hydrogens (tertiary/aromatic N) is 2. The second kappa shape index (κ2) is 7.13. The molecule has 2 N–H and O–H groups in total. The molecule has 2 rings (SSSR count). The number of nitrogens with one attached hydrogen (secondary N) is 1. The summed E-state index contributed by atoms with van der Waals surface area (Å²) < 4.78 is 1.37.